The number of carbonyl (C=O) groups is 1. The van der Waals surface area contributed by atoms with Gasteiger partial charge in [0.2, 0.25) is 0 Å². The van der Waals surface area contributed by atoms with Gasteiger partial charge in [0.1, 0.15) is 35.4 Å². The number of aliphatic hydroxyl groups is 2. The fourth-order valence-electron chi connectivity index (χ4n) is 4.94. The van der Waals surface area contributed by atoms with E-state index in [1.165, 1.54) is 20.2 Å². The highest BCUT2D eigenvalue weighted by atomic mass is 31.2. The van der Waals surface area contributed by atoms with E-state index in [1.807, 2.05) is 7.05 Å². The zero-order valence-electron chi connectivity index (χ0n) is 25.1. The topological polar surface area (TPSA) is 170 Å². The number of aryl methyl sites for hydroxylation is 1. The van der Waals surface area contributed by atoms with Crippen LogP contribution in [-0.4, -0.2) is 85.4 Å². The van der Waals surface area contributed by atoms with Crippen LogP contribution in [0, 0.1) is 6.92 Å². The SMILES string of the molecule is Cc1nc(N(C)C2CC2)c2ncn([C@@H]3O[C@H](COP(=O)(N[C@@H](C)C(=O)OC(C)C)Oc4ccccc4)[C@@H](O)[C@@]3(C)O)c2n1. The number of benzene rings is 1. The Labute approximate surface area is 249 Å². The Morgan fingerprint density at radius 2 is 1.95 bits per heavy atom. The number of nitrogens with one attached hydrogen (secondary N) is 1. The van der Waals surface area contributed by atoms with Gasteiger partial charge in [-0.15, -0.1) is 0 Å². The first-order chi connectivity index (χ1) is 20.3. The number of para-hydroxylation sites is 1. The van der Waals surface area contributed by atoms with Crippen LogP contribution >= 0.6 is 7.75 Å². The lowest BCUT2D eigenvalue weighted by atomic mass is 9.96. The number of hydrogen-bond donors (Lipinski definition) is 3. The van der Waals surface area contributed by atoms with Crippen LogP contribution in [0.3, 0.4) is 0 Å². The zero-order valence-corrected chi connectivity index (χ0v) is 26.0. The van der Waals surface area contributed by atoms with Gasteiger partial charge in [-0.05, 0) is 59.6 Å². The van der Waals surface area contributed by atoms with Gasteiger partial charge in [0.25, 0.3) is 0 Å². The first kappa shape index (κ1) is 31.3. The molecule has 234 valence electrons. The van der Waals surface area contributed by atoms with Gasteiger partial charge in [-0.1, -0.05) is 18.2 Å². The average molecular weight is 619 g/mol. The molecule has 0 amide bonds. The second kappa shape index (κ2) is 12.1. The molecule has 0 spiro atoms. The zero-order chi connectivity index (χ0) is 31.1. The van der Waals surface area contributed by atoms with Gasteiger partial charge in [0.05, 0.1) is 19.0 Å². The van der Waals surface area contributed by atoms with Gasteiger partial charge in [-0.25, -0.2) is 19.5 Å². The summed E-state index contributed by atoms with van der Waals surface area (Å²) in [4.78, 5) is 28.2. The number of anilines is 1. The van der Waals surface area contributed by atoms with E-state index in [0.29, 0.717) is 28.8 Å². The molecule has 0 bridgehead atoms. The van der Waals surface area contributed by atoms with Crippen LogP contribution in [-0.2, 0) is 23.4 Å². The number of aliphatic hydroxyl groups excluding tert-OH is 1. The third-order valence-electron chi connectivity index (χ3n) is 7.39. The number of rotatable bonds is 12. The quantitative estimate of drug-likeness (QED) is 0.200. The maximum Gasteiger partial charge on any atom is 0.459 e. The van der Waals surface area contributed by atoms with Crippen LogP contribution in [0.15, 0.2) is 36.7 Å². The Balaban J connectivity index is 1.37. The van der Waals surface area contributed by atoms with Gasteiger partial charge in [-0.3, -0.25) is 13.9 Å². The van der Waals surface area contributed by atoms with E-state index >= 15 is 0 Å². The number of aromatic nitrogens is 4. The van der Waals surface area contributed by atoms with E-state index in [4.69, 9.17) is 18.5 Å². The van der Waals surface area contributed by atoms with Crippen LogP contribution in [0.1, 0.15) is 52.6 Å². The highest BCUT2D eigenvalue weighted by molar-refractivity contribution is 7.52. The minimum Gasteiger partial charge on any atom is -0.462 e. The number of fused-ring (bicyclic) bond motifs is 1. The van der Waals surface area contributed by atoms with Crippen molar-refractivity contribution in [1.82, 2.24) is 24.6 Å². The molecule has 2 aromatic heterocycles. The van der Waals surface area contributed by atoms with Gasteiger partial charge in [0.15, 0.2) is 23.2 Å². The Bertz CT molecular complexity index is 1500. The maximum atomic E-state index is 13.9. The summed E-state index contributed by atoms with van der Waals surface area (Å²) < 4.78 is 38.2. The molecule has 0 radical (unpaired) electrons. The first-order valence-corrected chi connectivity index (χ1v) is 15.8. The predicted octanol–water partition coefficient (Wildman–Crippen LogP) is 2.88. The van der Waals surface area contributed by atoms with Gasteiger partial charge in [0, 0.05) is 13.1 Å². The standard InChI is InChI=1S/C28H39N6O8P/c1-16(2)40-26(36)17(3)32-43(38,42-20-10-8-7-9-11-20)39-14-21-23(35)28(5,37)27(41-21)34-15-29-22-24(33(6)19-12-13-19)30-18(4)31-25(22)34/h7-11,15-17,19,21,23,27,35,37H,12-14H2,1-6H3,(H,32,38)/t17-,21+,23+,27+,28+,43?/m0/s1. The second-order valence-electron chi connectivity index (χ2n) is 11.5. The molecule has 15 heteroatoms. The van der Waals surface area contributed by atoms with Crippen molar-refractivity contribution < 1.29 is 38.1 Å². The average Bonchev–Trinajstić information content (AvgIpc) is 3.67. The summed E-state index contributed by atoms with van der Waals surface area (Å²) in [5.41, 5.74) is -0.832. The van der Waals surface area contributed by atoms with Crippen molar-refractivity contribution in [2.75, 3.05) is 18.6 Å². The molecule has 1 aliphatic carbocycles. The van der Waals surface area contributed by atoms with E-state index in [1.54, 1.807) is 55.7 Å². The molecule has 43 heavy (non-hydrogen) atoms. The highest BCUT2D eigenvalue weighted by Gasteiger charge is 2.54. The molecule has 1 aliphatic heterocycles. The fraction of sp³-hybridized carbons (Fsp3) is 0.571. The molecule has 6 atom stereocenters. The number of nitrogens with zero attached hydrogens (tertiary/aromatic N) is 5. The van der Waals surface area contributed by atoms with Gasteiger partial charge >= 0.3 is 13.7 Å². The minimum absolute atomic E-state index is 0.229. The molecule has 3 aromatic rings. The van der Waals surface area contributed by atoms with E-state index in [0.717, 1.165) is 12.8 Å². The largest absolute Gasteiger partial charge is 0.462 e. The lowest BCUT2D eigenvalue weighted by Gasteiger charge is -2.27. The third kappa shape index (κ3) is 6.69. The molecule has 1 saturated carbocycles. The van der Waals surface area contributed by atoms with Crippen molar-refractivity contribution in [2.45, 2.75) is 89.7 Å². The monoisotopic (exact) mass is 618 g/mol. The Morgan fingerprint density at radius 3 is 2.60 bits per heavy atom. The Kier molecular flexibility index (Phi) is 8.81. The molecule has 1 unspecified atom stereocenters. The summed E-state index contributed by atoms with van der Waals surface area (Å²) in [6, 6.07) is 7.64. The fourth-order valence-corrected chi connectivity index (χ4v) is 6.45. The minimum atomic E-state index is -4.23. The van der Waals surface area contributed by atoms with Crippen LogP contribution in [0.5, 0.6) is 5.75 Å². The van der Waals surface area contributed by atoms with E-state index in [9.17, 15) is 19.6 Å². The molecular weight excluding hydrogens is 579 g/mol. The van der Waals surface area contributed by atoms with Crippen LogP contribution in [0.2, 0.25) is 0 Å². The van der Waals surface area contributed by atoms with E-state index < -0.39 is 50.4 Å². The molecule has 2 fully saturated rings. The van der Waals surface area contributed by atoms with Crippen molar-refractivity contribution in [3.8, 4) is 5.75 Å². The number of imidazole rings is 1. The molecule has 5 rings (SSSR count). The molecule has 1 saturated heterocycles. The highest BCUT2D eigenvalue weighted by Crippen LogP contribution is 2.47. The first-order valence-electron chi connectivity index (χ1n) is 14.3. The van der Waals surface area contributed by atoms with Crippen molar-refractivity contribution >= 4 is 30.7 Å². The van der Waals surface area contributed by atoms with Gasteiger partial charge < -0.3 is 29.1 Å². The Hall–Kier alpha value is -3.13. The van der Waals surface area contributed by atoms with Crippen LogP contribution in [0.25, 0.3) is 11.2 Å². The predicted molar refractivity (Wildman–Crippen MR) is 156 cm³/mol. The molecule has 2 aliphatic rings. The molecule has 3 N–H and O–H groups in total. The molecular formula is C28H39N6O8P. The molecule has 3 heterocycles. The third-order valence-corrected chi connectivity index (χ3v) is 9.03. The van der Waals surface area contributed by atoms with Crippen molar-refractivity contribution in [3.63, 3.8) is 0 Å². The Morgan fingerprint density at radius 1 is 1.26 bits per heavy atom. The second-order valence-corrected chi connectivity index (χ2v) is 13.2. The summed E-state index contributed by atoms with van der Waals surface area (Å²) in [6.07, 6.45) is -0.462. The summed E-state index contributed by atoms with van der Waals surface area (Å²) in [5, 5.41) is 25.2. The number of carbonyl (C=O) groups excluding carboxylic acids is 1. The van der Waals surface area contributed by atoms with Crippen molar-refractivity contribution in [1.29, 1.82) is 0 Å². The molecule has 14 nitrogen and oxygen atoms in total. The smallest absolute Gasteiger partial charge is 0.459 e. The lowest BCUT2D eigenvalue weighted by molar-refractivity contribution is -0.149. The molecule has 1 aromatic carbocycles. The van der Waals surface area contributed by atoms with Crippen molar-refractivity contribution in [2.24, 2.45) is 0 Å². The van der Waals surface area contributed by atoms with Crippen LogP contribution < -0.4 is 14.5 Å². The number of esters is 1. The maximum absolute atomic E-state index is 13.9. The van der Waals surface area contributed by atoms with E-state index in [2.05, 4.69) is 24.9 Å². The normalized spacial score (nSPS) is 25.9. The summed E-state index contributed by atoms with van der Waals surface area (Å²) in [5.74, 6) is 0.779. The number of ether oxygens (including phenoxy) is 2. The van der Waals surface area contributed by atoms with Crippen LogP contribution in [0.4, 0.5) is 5.82 Å². The lowest BCUT2D eigenvalue weighted by Crippen LogP contribution is -2.44. The summed E-state index contributed by atoms with van der Waals surface area (Å²) in [7, 11) is -2.27. The van der Waals surface area contributed by atoms with Crippen molar-refractivity contribution in [3.05, 3.63) is 42.5 Å². The summed E-state index contributed by atoms with van der Waals surface area (Å²) >= 11 is 0. The number of hydrogen-bond acceptors (Lipinski definition) is 12. The van der Waals surface area contributed by atoms with Gasteiger partial charge in [-0.2, -0.15) is 5.09 Å². The summed E-state index contributed by atoms with van der Waals surface area (Å²) in [6.45, 7) is 7.63. The van der Waals surface area contributed by atoms with E-state index in [-0.39, 0.29) is 11.9 Å².